The Morgan fingerprint density at radius 2 is 1.58 bits per heavy atom. The van der Waals surface area contributed by atoms with E-state index in [1.807, 2.05) is 30.3 Å². The third-order valence-electron chi connectivity index (χ3n) is 6.14. The molecule has 1 saturated heterocycles. The summed E-state index contributed by atoms with van der Waals surface area (Å²) in [6, 6.07) is 17.6. The van der Waals surface area contributed by atoms with Crippen LogP contribution in [0.25, 0.3) is 22.4 Å². The predicted octanol–water partition coefficient (Wildman–Crippen LogP) is 5.53. The fraction of sp³-hybridized carbons (Fsp3) is 0.231. The van der Waals surface area contributed by atoms with E-state index >= 15 is 0 Å². The fourth-order valence-electron chi connectivity index (χ4n) is 4.60. The summed E-state index contributed by atoms with van der Waals surface area (Å²) in [5, 5.41) is 0. The van der Waals surface area contributed by atoms with Gasteiger partial charge in [0.15, 0.2) is 0 Å². The highest BCUT2D eigenvalue weighted by Crippen LogP contribution is 2.33. The second kappa shape index (κ2) is 8.73. The maximum absolute atomic E-state index is 14.1. The first-order valence-corrected chi connectivity index (χ1v) is 10.9. The Kier molecular flexibility index (Phi) is 5.62. The van der Waals surface area contributed by atoms with Crippen molar-refractivity contribution in [1.82, 2.24) is 14.5 Å². The monoisotopic (exact) mass is 449 g/mol. The van der Waals surface area contributed by atoms with Crippen molar-refractivity contribution in [3.63, 3.8) is 0 Å². The molecule has 7 heteroatoms. The van der Waals surface area contributed by atoms with Gasteiger partial charge in [-0.05, 0) is 48.7 Å². The number of benzene rings is 3. The van der Waals surface area contributed by atoms with Gasteiger partial charge in [0.1, 0.15) is 23.3 Å². The van der Waals surface area contributed by atoms with E-state index in [1.165, 1.54) is 24.3 Å². The smallest absolute Gasteiger partial charge is 0.226 e. The van der Waals surface area contributed by atoms with Crippen LogP contribution in [0.15, 0.2) is 66.7 Å². The summed E-state index contributed by atoms with van der Waals surface area (Å²) in [4.78, 5) is 19.2. The average molecular weight is 449 g/mol. The number of amides is 1. The zero-order chi connectivity index (χ0) is 22.9. The summed E-state index contributed by atoms with van der Waals surface area (Å²) in [6.45, 7) is 1.01. The number of halogens is 3. The maximum Gasteiger partial charge on any atom is 0.226 e. The van der Waals surface area contributed by atoms with Crippen LogP contribution in [0.2, 0.25) is 0 Å². The van der Waals surface area contributed by atoms with E-state index in [0.717, 1.165) is 28.5 Å². The lowest BCUT2D eigenvalue weighted by Crippen LogP contribution is -2.40. The van der Waals surface area contributed by atoms with E-state index in [9.17, 15) is 18.0 Å². The molecule has 168 valence electrons. The number of nitrogens with zero attached hydrogens (tertiary/aromatic N) is 3. The quantitative estimate of drug-likeness (QED) is 0.411. The van der Waals surface area contributed by atoms with Gasteiger partial charge in [0, 0.05) is 30.8 Å². The lowest BCUT2D eigenvalue weighted by atomic mass is 10.0. The normalized spacial score (nSPS) is 14.7. The third kappa shape index (κ3) is 4.35. The second-order valence-electron chi connectivity index (χ2n) is 8.37. The van der Waals surface area contributed by atoms with Crippen LogP contribution < -0.4 is 0 Å². The van der Waals surface area contributed by atoms with Crippen LogP contribution in [0.1, 0.15) is 24.4 Å². The van der Waals surface area contributed by atoms with Gasteiger partial charge in [0.05, 0.1) is 17.5 Å². The van der Waals surface area contributed by atoms with Crippen molar-refractivity contribution in [2.75, 3.05) is 13.1 Å². The van der Waals surface area contributed by atoms with Crippen LogP contribution >= 0.6 is 0 Å². The molecule has 1 aliphatic rings. The molecule has 4 nitrogen and oxygen atoms in total. The minimum atomic E-state index is -0.691. The lowest BCUT2D eigenvalue weighted by Gasteiger charge is -2.33. The second-order valence-corrected chi connectivity index (χ2v) is 8.37. The first-order chi connectivity index (χ1) is 16.0. The fourth-order valence-corrected chi connectivity index (χ4v) is 4.60. The van der Waals surface area contributed by atoms with Crippen LogP contribution in [0.4, 0.5) is 13.2 Å². The molecule has 0 radical (unpaired) electrons. The summed E-state index contributed by atoms with van der Waals surface area (Å²) >= 11 is 0. The van der Waals surface area contributed by atoms with E-state index in [1.54, 1.807) is 11.0 Å². The molecule has 0 unspecified atom stereocenters. The highest BCUT2D eigenvalue weighted by atomic mass is 19.1. The molecule has 0 bridgehead atoms. The number of hydrogen-bond acceptors (Lipinski definition) is 2. The van der Waals surface area contributed by atoms with Gasteiger partial charge in [-0.25, -0.2) is 18.2 Å². The van der Waals surface area contributed by atoms with E-state index in [4.69, 9.17) is 4.98 Å². The molecule has 33 heavy (non-hydrogen) atoms. The number of carbonyl (C=O) groups excluding carboxylic acids is 1. The van der Waals surface area contributed by atoms with Crippen molar-refractivity contribution < 1.29 is 18.0 Å². The van der Waals surface area contributed by atoms with Crippen molar-refractivity contribution in [3.05, 3.63) is 89.7 Å². The molecule has 4 aromatic rings. The highest BCUT2D eigenvalue weighted by molar-refractivity contribution is 5.81. The SMILES string of the molecule is O=C(Cc1cc(F)cc(F)c1)N1CCC(n2c(-c3ccccc3)nc3ccc(F)cc32)CC1. The Bertz CT molecular complexity index is 1290. The van der Waals surface area contributed by atoms with E-state index in [-0.39, 0.29) is 24.2 Å². The highest BCUT2D eigenvalue weighted by Gasteiger charge is 2.27. The average Bonchev–Trinajstić information content (AvgIpc) is 3.17. The van der Waals surface area contributed by atoms with Crippen molar-refractivity contribution >= 4 is 16.9 Å². The van der Waals surface area contributed by atoms with E-state index in [0.29, 0.717) is 31.5 Å². The van der Waals surface area contributed by atoms with Crippen LogP contribution in [0, 0.1) is 17.5 Å². The van der Waals surface area contributed by atoms with Crippen molar-refractivity contribution in [2.45, 2.75) is 25.3 Å². The van der Waals surface area contributed by atoms with E-state index in [2.05, 4.69) is 4.57 Å². The largest absolute Gasteiger partial charge is 0.342 e. The first kappa shape index (κ1) is 21.2. The minimum Gasteiger partial charge on any atom is -0.342 e. The molecular formula is C26H22F3N3O. The number of likely N-dealkylation sites (tertiary alicyclic amines) is 1. The molecule has 0 spiro atoms. The molecule has 1 aliphatic heterocycles. The summed E-state index contributed by atoms with van der Waals surface area (Å²) < 4.78 is 43.1. The third-order valence-corrected chi connectivity index (χ3v) is 6.14. The van der Waals surface area contributed by atoms with Gasteiger partial charge < -0.3 is 9.47 Å². The summed E-state index contributed by atoms with van der Waals surface area (Å²) in [5.41, 5.74) is 2.72. The number of rotatable bonds is 4. The molecule has 0 aliphatic carbocycles. The predicted molar refractivity (Wildman–Crippen MR) is 120 cm³/mol. The molecule has 1 fully saturated rings. The minimum absolute atomic E-state index is 0.0441. The molecule has 0 atom stereocenters. The van der Waals surface area contributed by atoms with Crippen molar-refractivity contribution in [1.29, 1.82) is 0 Å². The molecule has 0 saturated carbocycles. The van der Waals surface area contributed by atoms with Crippen LogP contribution in [0.5, 0.6) is 0 Å². The number of piperidine rings is 1. The Balaban J connectivity index is 1.38. The van der Waals surface area contributed by atoms with Gasteiger partial charge in [-0.3, -0.25) is 4.79 Å². The van der Waals surface area contributed by atoms with Gasteiger partial charge in [-0.1, -0.05) is 30.3 Å². The van der Waals surface area contributed by atoms with E-state index < -0.39 is 11.6 Å². The Morgan fingerprint density at radius 1 is 0.879 bits per heavy atom. The molecule has 1 aromatic heterocycles. The van der Waals surface area contributed by atoms with Gasteiger partial charge in [-0.15, -0.1) is 0 Å². The van der Waals surface area contributed by atoms with Crippen LogP contribution in [0.3, 0.4) is 0 Å². The molecule has 1 amide bonds. The van der Waals surface area contributed by atoms with Crippen molar-refractivity contribution in [3.8, 4) is 11.4 Å². The standard InChI is InChI=1S/C26H22F3N3O/c27-19-6-7-23-24(16-19)32(26(30-23)18-4-2-1-3-5-18)22-8-10-31(11-9-22)25(33)14-17-12-20(28)15-21(29)13-17/h1-7,12-13,15-16,22H,8-11,14H2. The summed E-state index contributed by atoms with van der Waals surface area (Å²) in [6.07, 6.45) is 1.30. The summed E-state index contributed by atoms with van der Waals surface area (Å²) in [5.74, 6) is -1.09. The lowest BCUT2D eigenvalue weighted by molar-refractivity contribution is -0.131. The zero-order valence-electron chi connectivity index (χ0n) is 17.8. The topological polar surface area (TPSA) is 38.1 Å². The zero-order valence-corrected chi connectivity index (χ0v) is 17.8. The molecule has 2 heterocycles. The van der Waals surface area contributed by atoms with Crippen LogP contribution in [-0.2, 0) is 11.2 Å². The molecule has 3 aromatic carbocycles. The van der Waals surface area contributed by atoms with Gasteiger partial charge >= 0.3 is 0 Å². The molecule has 5 rings (SSSR count). The van der Waals surface area contributed by atoms with Gasteiger partial charge in [-0.2, -0.15) is 0 Å². The van der Waals surface area contributed by atoms with Crippen LogP contribution in [-0.4, -0.2) is 33.4 Å². The first-order valence-electron chi connectivity index (χ1n) is 10.9. The molecular weight excluding hydrogens is 427 g/mol. The molecule has 0 N–H and O–H groups in total. The Labute approximate surface area is 189 Å². The summed E-state index contributed by atoms with van der Waals surface area (Å²) in [7, 11) is 0. The Hall–Kier alpha value is -3.61. The van der Waals surface area contributed by atoms with Gasteiger partial charge in [0.2, 0.25) is 5.91 Å². The maximum atomic E-state index is 14.1. The number of aromatic nitrogens is 2. The Morgan fingerprint density at radius 3 is 2.27 bits per heavy atom. The number of carbonyl (C=O) groups is 1. The van der Waals surface area contributed by atoms with Crippen molar-refractivity contribution in [2.24, 2.45) is 0 Å². The van der Waals surface area contributed by atoms with Gasteiger partial charge in [0.25, 0.3) is 0 Å². The number of fused-ring (bicyclic) bond motifs is 1. The number of imidazole rings is 1. The number of hydrogen-bond donors (Lipinski definition) is 0.